The second-order valence-electron chi connectivity index (χ2n) is 3.08. The van der Waals surface area contributed by atoms with Crippen molar-refractivity contribution < 1.29 is 4.79 Å². The number of halogens is 1. The molecule has 3 nitrogen and oxygen atoms in total. The van der Waals surface area contributed by atoms with Gasteiger partial charge in [0.1, 0.15) is 0 Å². The van der Waals surface area contributed by atoms with Crippen LogP contribution < -0.4 is 11.5 Å². The van der Waals surface area contributed by atoms with Gasteiger partial charge in [0.2, 0.25) is 5.91 Å². The molecular formula is C10H13ClN2OS. The van der Waals surface area contributed by atoms with Crippen LogP contribution in [-0.4, -0.2) is 17.7 Å². The van der Waals surface area contributed by atoms with Gasteiger partial charge in [-0.2, -0.15) is 0 Å². The number of thioether (sulfide) groups is 1. The van der Waals surface area contributed by atoms with E-state index in [0.29, 0.717) is 6.42 Å². The highest BCUT2D eigenvalue weighted by atomic mass is 35.5. The second kappa shape index (κ2) is 6.00. The van der Waals surface area contributed by atoms with Gasteiger partial charge in [-0.25, -0.2) is 0 Å². The third-order valence-corrected chi connectivity index (χ3v) is 3.44. The predicted octanol–water partition coefficient (Wildman–Crippen LogP) is 1.63. The Morgan fingerprint density at radius 3 is 2.73 bits per heavy atom. The van der Waals surface area contributed by atoms with Crippen LogP contribution in [0.1, 0.15) is 6.42 Å². The third-order valence-electron chi connectivity index (χ3n) is 1.89. The van der Waals surface area contributed by atoms with E-state index in [9.17, 15) is 4.79 Å². The summed E-state index contributed by atoms with van der Waals surface area (Å²) in [7, 11) is 0. The van der Waals surface area contributed by atoms with Gasteiger partial charge in [-0.1, -0.05) is 23.7 Å². The average molecular weight is 245 g/mol. The van der Waals surface area contributed by atoms with Crippen molar-refractivity contribution in [3.63, 3.8) is 0 Å². The molecule has 0 aliphatic rings. The molecule has 1 amide bonds. The first kappa shape index (κ1) is 12.4. The standard InChI is InChI=1S/C10H13ClN2OS/c11-7-3-1-2-4-9(7)15-6-5-8(12)10(13)14/h1-4,8H,5-6,12H2,(H2,13,14). The first-order chi connectivity index (χ1) is 7.11. The summed E-state index contributed by atoms with van der Waals surface area (Å²) in [6.45, 7) is 0. The third kappa shape index (κ3) is 4.11. The van der Waals surface area contributed by atoms with Gasteiger partial charge in [0.25, 0.3) is 0 Å². The summed E-state index contributed by atoms with van der Waals surface area (Å²) in [6, 6.07) is 6.99. The molecule has 0 aliphatic heterocycles. The minimum absolute atomic E-state index is 0.463. The zero-order chi connectivity index (χ0) is 11.3. The normalized spacial score (nSPS) is 12.4. The molecule has 0 spiro atoms. The minimum atomic E-state index is -0.569. The van der Waals surface area contributed by atoms with Crippen LogP contribution in [0, 0.1) is 0 Å². The van der Waals surface area contributed by atoms with Crippen LogP contribution in [0.5, 0.6) is 0 Å². The summed E-state index contributed by atoms with van der Waals surface area (Å²) in [5, 5.41) is 0.718. The largest absolute Gasteiger partial charge is 0.368 e. The van der Waals surface area contributed by atoms with E-state index >= 15 is 0 Å². The SMILES string of the molecule is NC(=O)C(N)CCSc1ccccc1Cl. The van der Waals surface area contributed by atoms with E-state index in [2.05, 4.69) is 0 Å². The lowest BCUT2D eigenvalue weighted by molar-refractivity contribution is -0.119. The van der Waals surface area contributed by atoms with Gasteiger partial charge in [0, 0.05) is 10.6 Å². The van der Waals surface area contributed by atoms with Crippen molar-refractivity contribution in [2.24, 2.45) is 11.5 Å². The Hall–Kier alpha value is -0.710. The fourth-order valence-electron chi connectivity index (χ4n) is 1.000. The molecule has 1 rings (SSSR count). The maximum absolute atomic E-state index is 10.7. The van der Waals surface area contributed by atoms with Crippen LogP contribution in [0.3, 0.4) is 0 Å². The maximum Gasteiger partial charge on any atom is 0.234 e. The Morgan fingerprint density at radius 1 is 1.47 bits per heavy atom. The molecule has 15 heavy (non-hydrogen) atoms. The van der Waals surface area contributed by atoms with Crippen molar-refractivity contribution in [3.8, 4) is 0 Å². The highest BCUT2D eigenvalue weighted by molar-refractivity contribution is 7.99. The van der Waals surface area contributed by atoms with E-state index in [1.54, 1.807) is 11.8 Å². The molecule has 0 radical (unpaired) electrons. The number of rotatable bonds is 5. The first-order valence-electron chi connectivity index (χ1n) is 4.53. The van der Waals surface area contributed by atoms with Gasteiger partial charge in [-0.3, -0.25) is 4.79 Å². The Bertz CT molecular complexity index is 346. The average Bonchev–Trinajstić information content (AvgIpc) is 2.20. The van der Waals surface area contributed by atoms with E-state index in [-0.39, 0.29) is 0 Å². The summed E-state index contributed by atoms with van der Waals surface area (Å²) < 4.78 is 0. The lowest BCUT2D eigenvalue weighted by Crippen LogP contribution is -2.36. The number of benzene rings is 1. The van der Waals surface area contributed by atoms with Crippen LogP contribution in [0.25, 0.3) is 0 Å². The molecule has 0 fully saturated rings. The molecule has 0 heterocycles. The molecule has 0 aliphatic carbocycles. The molecule has 0 aromatic heterocycles. The van der Waals surface area contributed by atoms with Crippen molar-refractivity contribution in [2.75, 3.05) is 5.75 Å². The first-order valence-corrected chi connectivity index (χ1v) is 5.90. The number of hydrogen-bond donors (Lipinski definition) is 2. The van der Waals surface area contributed by atoms with Gasteiger partial charge in [-0.15, -0.1) is 11.8 Å². The number of hydrogen-bond acceptors (Lipinski definition) is 3. The van der Waals surface area contributed by atoms with Crippen molar-refractivity contribution in [1.82, 2.24) is 0 Å². The Kier molecular flexibility index (Phi) is 4.94. The molecule has 0 bridgehead atoms. The zero-order valence-electron chi connectivity index (χ0n) is 8.15. The summed E-state index contributed by atoms with van der Waals surface area (Å²) in [6.07, 6.45) is 0.561. The number of primary amides is 1. The van der Waals surface area contributed by atoms with Gasteiger partial charge in [0.05, 0.1) is 11.1 Å². The molecule has 5 heteroatoms. The highest BCUT2D eigenvalue weighted by Crippen LogP contribution is 2.26. The molecule has 0 saturated heterocycles. The molecule has 0 saturated carbocycles. The van der Waals surface area contributed by atoms with Crippen molar-refractivity contribution >= 4 is 29.3 Å². The molecule has 1 aromatic carbocycles. The fourth-order valence-corrected chi connectivity index (χ4v) is 2.27. The van der Waals surface area contributed by atoms with E-state index in [1.807, 2.05) is 24.3 Å². The Morgan fingerprint density at radius 2 is 2.13 bits per heavy atom. The van der Waals surface area contributed by atoms with Crippen molar-refractivity contribution in [3.05, 3.63) is 29.3 Å². The molecule has 1 atom stereocenters. The highest BCUT2D eigenvalue weighted by Gasteiger charge is 2.09. The van der Waals surface area contributed by atoms with Gasteiger partial charge < -0.3 is 11.5 Å². The Balaban J connectivity index is 2.38. The quantitative estimate of drug-likeness (QED) is 0.774. The van der Waals surface area contributed by atoms with Crippen LogP contribution in [-0.2, 0) is 4.79 Å². The van der Waals surface area contributed by atoms with Crippen LogP contribution in [0.4, 0.5) is 0 Å². The molecule has 82 valence electrons. The van der Waals surface area contributed by atoms with E-state index in [1.165, 1.54) is 0 Å². The lowest BCUT2D eigenvalue weighted by Gasteiger charge is -2.07. The fraction of sp³-hybridized carbons (Fsp3) is 0.300. The van der Waals surface area contributed by atoms with Gasteiger partial charge >= 0.3 is 0 Å². The minimum Gasteiger partial charge on any atom is -0.368 e. The summed E-state index contributed by atoms with van der Waals surface area (Å²) in [5.74, 6) is 0.267. The molecule has 4 N–H and O–H groups in total. The number of carbonyl (C=O) groups excluding carboxylic acids is 1. The molecule has 1 aromatic rings. The lowest BCUT2D eigenvalue weighted by atomic mass is 10.2. The second-order valence-corrected chi connectivity index (χ2v) is 4.62. The number of amides is 1. The Labute approximate surface area is 98.2 Å². The van der Waals surface area contributed by atoms with Crippen molar-refractivity contribution in [1.29, 1.82) is 0 Å². The molecular weight excluding hydrogens is 232 g/mol. The van der Waals surface area contributed by atoms with Gasteiger partial charge in [-0.05, 0) is 18.6 Å². The van der Waals surface area contributed by atoms with E-state index in [0.717, 1.165) is 15.7 Å². The zero-order valence-corrected chi connectivity index (χ0v) is 9.72. The van der Waals surface area contributed by atoms with E-state index in [4.69, 9.17) is 23.1 Å². The summed E-state index contributed by atoms with van der Waals surface area (Å²) >= 11 is 7.53. The summed E-state index contributed by atoms with van der Waals surface area (Å²) in [5.41, 5.74) is 10.5. The monoisotopic (exact) mass is 244 g/mol. The molecule has 1 unspecified atom stereocenters. The van der Waals surface area contributed by atoms with Crippen molar-refractivity contribution in [2.45, 2.75) is 17.4 Å². The van der Waals surface area contributed by atoms with Crippen LogP contribution >= 0.6 is 23.4 Å². The topological polar surface area (TPSA) is 69.1 Å². The number of carbonyl (C=O) groups is 1. The van der Waals surface area contributed by atoms with Crippen LogP contribution in [0.2, 0.25) is 5.02 Å². The number of nitrogens with two attached hydrogens (primary N) is 2. The predicted molar refractivity (Wildman–Crippen MR) is 64.0 cm³/mol. The van der Waals surface area contributed by atoms with Gasteiger partial charge in [0.15, 0.2) is 0 Å². The smallest absolute Gasteiger partial charge is 0.234 e. The maximum atomic E-state index is 10.7. The van der Waals surface area contributed by atoms with Crippen LogP contribution in [0.15, 0.2) is 29.2 Å². The van der Waals surface area contributed by atoms with E-state index < -0.39 is 11.9 Å². The summed E-state index contributed by atoms with van der Waals surface area (Å²) in [4.78, 5) is 11.7.